The lowest BCUT2D eigenvalue weighted by molar-refractivity contribution is -0.130. The molecule has 0 saturated carbocycles. The van der Waals surface area contributed by atoms with Gasteiger partial charge in [-0.15, -0.1) is 0 Å². The monoisotopic (exact) mass is 312 g/mol. The van der Waals surface area contributed by atoms with E-state index < -0.39 is 6.10 Å². The number of hydrogen-bond acceptors (Lipinski definition) is 4. The summed E-state index contributed by atoms with van der Waals surface area (Å²) in [6.45, 7) is 2.92. The number of amides is 1. The number of rotatable bonds is 5. The van der Waals surface area contributed by atoms with E-state index in [1.165, 1.54) is 0 Å². The quantitative estimate of drug-likeness (QED) is 0.820. The topological polar surface area (TPSA) is 73.6 Å². The summed E-state index contributed by atoms with van der Waals surface area (Å²) >= 11 is 5.82. The fourth-order valence-electron chi connectivity index (χ4n) is 2.15. The molecule has 1 fully saturated rings. The molecule has 5 nitrogen and oxygen atoms in total. The molecule has 1 heterocycles. The maximum Gasteiger partial charge on any atom is 0.253 e. The lowest BCUT2D eigenvalue weighted by Gasteiger charge is -2.24. The van der Waals surface area contributed by atoms with E-state index in [4.69, 9.17) is 26.8 Å². The molecule has 2 unspecified atom stereocenters. The summed E-state index contributed by atoms with van der Waals surface area (Å²) in [6.07, 6.45) is 2.76. The highest BCUT2D eigenvalue weighted by Crippen LogP contribution is 2.23. The molecular weight excluding hydrogens is 292 g/mol. The van der Waals surface area contributed by atoms with Crippen LogP contribution in [0.2, 0.25) is 5.02 Å². The number of nitrogens with one attached hydrogen (secondary N) is 1. The predicted octanol–water partition coefficient (Wildman–Crippen LogP) is 2.83. The zero-order valence-corrected chi connectivity index (χ0v) is 12.9. The summed E-state index contributed by atoms with van der Waals surface area (Å²) in [5, 5.41) is 3.27. The average Bonchev–Trinajstić information content (AvgIpc) is 2.48. The Kier molecular flexibility index (Phi) is 5.85. The van der Waals surface area contributed by atoms with Crippen LogP contribution in [0.5, 0.6) is 0 Å². The van der Waals surface area contributed by atoms with Crippen molar-refractivity contribution in [3.63, 3.8) is 0 Å². The highest BCUT2D eigenvalue weighted by atomic mass is 35.5. The lowest BCUT2D eigenvalue weighted by Crippen LogP contribution is -2.32. The molecule has 1 amide bonds. The highest BCUT2D eigenvalue weighted by molar-refractivity contribution is 6.31. The fraction of sp³-hybridized carbons (Fsp3) is 0.533. The van der Waals surface area contributed by atoms with Gasteiger partial charge in [-0.2, -0.15) is 0 Å². The molecule has 1 aliphatic heterocycles. The average molecular weight is 313 g/mol. The first-order valence-electron chi connectivity index (χ1n) is 7.15. The van der Waals surface area contributed by atoms with E-state index in [1.54, 1.807) is 25.1 Å². The third kappa shape index (κ3) is 4.88. The van der Waals surface area contributed by atoms with Gasteiger partial charge in [0.1, 0.15) is 6.10 Å². The van der Waals surface area contributed by atoms with E-state index in [0.717, 1.165) is 25.9 Å². The molecule has 116 valence electrons. The first-order chi connectivity index (χ1) is 10.1. The van der Waals surface area contributed by atoms with Gasteiger partial charge in [-0.25, -0.2) is 0 Å². The summed E-state index contributed by atoms with van der Waals surface area (Å²) in [7, 11) is 0. The zero-order valence-electron chi connectivity index (χ0n) is 12.1. The summed E-state index contributed by atoms with van der Waals surface area (Å²) in [4.78, 5) is 12.1. The highest BCUT2D eigenvalue weighted by Gasteiger charge is 2.19. The van der Waals surface area contributed by atoms with Crippen LogP contribution in [0, 0.1) is 0 Å². The maximum absolute atomic E-state index is 12.1. The molecule has 1 aromatic carbocycles. The minimum Gasteiger partial charge on any atom is -0.397 e. The van der Waals surface area contributed by atoms with Crippen LogP contribution >= 0.6 is 11.6 Å². The van der Waals surface area contributed by atoms with Crippen molar-refractivity contribution in [1.29, 1.82) is 0 Å². The van der Waals surface area contributed by atoms with Gasteiger partial charge in [0.15, 0.2) is 0 Å². The van der Waals surface area contributed by atoms with Crippen LogP contribution < -0.4 is 11.1 Å². The molecule has 1 aliphatic rings. The Morgan fingerprint density at radius 1 is 1.57 bits per heavy atom. The Morgan fingerprint density at radius 3 is 3.05 bits per heavy atom. The normalized spacial score (nSPS) is 20.0. The third-order valence-electron chi connectivity index (χ3n) is 3.45. The minimum atomic E-state index is -0.564. The summed E-state index contributed by atoms with van der Waals surface area (Å²) in [5.41, 5.74) is 6.77. The van der Waals surface area contributed by atoms with E-state index in [2.05, 4.69) is 5.32 Å². The standard InChI is InChI=1S/C15H21ClN2O3/c1-10(21-9-12-4-2-3-7-20-12)15(19)18-14-6-5-11(16)8-13(14)17/h5-6,8,10,12H,2-4,7,9,17H2,1H3,(H,18,19). The molecule has 0 aliphatic carbocycles. The van der Waals surface area contributed by atoms with Gasteiger partial charge >= 0.3 is 0 Å². The Labute approximate surface area is 129 Å². The van der Waals surface area contributed by atoms with Crippen molar-refractivity contribution >= 4 is 28.9 Å². The van der Waals surface area contributed by atoms with Gasteiger partial charge in [-0.05, 0) is 44.4 Å². The molecule has 6 heteroatoms. The van der Waals surface area contributed by atoms with Gasteiger partial charge in [-0.3, -0.25) is 4.79 Å². The third-order valence-corrected chi connectivity index (χ3v) is 3.68. The van der Waals surface area contributed by atoms with Crippen LogP contribution in [0.1, 0.15) is 26.2 Å². The van der Waals surface area contributed by atoms with Gasteiger partial charge in [0.05, 0.1) is 24.1 Å². The van der Waals surface area contributed by atoms with Crippen LogP contribution in [0.4, 0.5) is 11.4 Å². The van der Waals surface area contributed by atoms with Crippen molar-refractivity contribution in [2.75, 3.05) is 24.3 Å². The molecule has 3 N–H and O–H groups in total. The van der Waals surface area contributed by atoms with Crippen molar-refractivity contribution < 1.29 is 14.3 Å². The van der Waals surface area contributed by atoms with Crippen molar-refractivity contribution in [1.82, 2.24) is 0 Å². The van der Waals surface area contributed by atoms with Crippen LogP contribution in [0.3, 0.4) is 0 Å². The Morgan fingerprint density at radius 2 is 2.38 bits per heavy atom. The van der Waals surface area contributed by atoms with Crippen molar-refractivity contribution in [3.05, 3.63) is 23.2 Å². The van der Waals surface area contributed by atoms with E-state index in [0.29, 0.717) is 23.0 Å². The SMILES string of the molecule is CC(OCC1CCCCO1)C(=O)Nc1ccc(Cl)cc1N. The second-order valence-electron chi connectivity index (χ2n) is 5.18. The summed E-state index contributed by atoms with van der Waals surface area (Å²) in [6, 6.07) is 4.94. The number of anilines is 2. The molecule has 2 rings (SSSR count). The van der Waals surface area contributed by atoms with Gasteiger partial charge < -0.3 is 20.5 Å². The van der Waals surface area contributed by atoms with Crippen molar-refractivity contribution in [2.45, 2.75) is 38.4 Å². The van der Waals surface area contributed by atoms with E-state index in [1.807, 2.05) is 0 Å². The van der Waals surface area contributed by atoms with Gasteiger partial charge in [0, 0.05) is 11.6 Å². The molecular formula is C15H21ClN2O3. The Balaban J connectivity index is 1.81. The van der Waals surface area contributed by atoms with Crippen LogP contribution in [0.25, 0.3) is 0 Å². The smallest absolute Gasteiger partial charge is 0.253 e. The number of halogens is 1. The summed E-state index contributed by atoms with van der Waals surface area (Å²) < 4.78 is 11.1. The molecule has 0 aromatic heterocycles. The largest absolute Gasteiger partial charge is 0.397 e. The molecule has 1 aromatic rings. The zero-order chi connectivity index (χ0) is 15.2. The number of hydrogen-bond donors (Lipinski definition) is 2. The number of nitrogen functional groups attached to an aromatic ring is 1. The molecule has 1 saturated heterocycles. The number of nitrogens with two attached hydrogens (primary N) is 1. The molecule has 0 radical (unpaired) electrons. The van der Waals surface area contributed by atoms with E-state index in [9.17, 15) is 4.79 Å². The van der Waals surface area contributed by atoms with Crippen molar-refractivity contribution in [3.8, 4) is 0 Å². The number of carbonyl (C=O) groups excluding carboxylic acids is 1. The van der Waals surface area contributed by atoms with Crippen LogP contribution in [-0.2, 0) is 14.3 Å². The lowest BCUT2D eigenvalue weighted by atomic mass is 10.1. The molecule has 0 spiro atoms. The predicted molar refractivity (Wildman–Crippen MR) is 83.5 cm³/mol. The minimum absolute atomic E-state index is 0.0922. The second-order valence-corrected chi connectivity index (χ2v) is 5.62. The van der Waals surface area contributed by atoms with Gasteiger partial charge in [-0.1, -0.05) is 11.6 Å². The Hall–Kier alpha value is -1.30. The first kappa shape index (κ1) is 16.1. The van der Waals surface area contributed by atoms with Crippen LogP contribution in [0.15, 0.2) is 18.2 Å². The van der Waals surface area contributed by atoms with Gasteiger partial charge in [0.2, 0.25) is 0 Å². The molecule has 2 atom stereocenters. The number of carbonyl (C=O) groups is 1. The second kappa shape index (κ2) is 7.64. The number of ether oxygens (including phenoxy) is 2. The van der Waals surface area contributed by atoms with Crippen LogP contribution in [-0.4, -0.2) is 31.3 Å². The maximum atomic E-state index is 12.1. The molecule has 21 heavy (non-hydrogen) atoms. The summed E-state index contributed by atoms with van der Waals surface area (Å²) in [5.74, 6) is -0.236. The first-order valence-corrected chi connectivity index (χ1v) is 7.53. The van der Waals surface area contributed by atoms with Gasteiger partial charge in [0.25, 0.3) is 5.91 Å². The molecule has 0 bridgehead atoms. The van der Waals surface area contributed by atoms with E-state index >= 15 is 0 Å². The number of benzene rings is 1. The fourth-order valence-corrected chi connectivity index (χ4v) is 2.33. The van der Waals surface area contributed by atoms with Crippen molar-refractivity contribution in [2.24, 2.45) is 0 Å². The van der Waals surface area contributed by atoms with E-state index in [-0.39, 0.29) is 12.0 Å². The Bertz CT molecular complexity index is 490.